The lowest BCUT2D eigenvalue weighted by molar-refractivity contribution is -0.297. The first-order chi connectivity index (χ1) is 24.0. The number of aliphatic hydroxyl groups excluding tert-OH is 3. The largest absolute Gasteiger partial charge is 0.462 e. The minimum absolute atomic E-state index is 0.134. The number of allylic oxidation sites excluding steroid dienone is 8. The van der Waals surface area contributed by atoms with Gasteiger partial charge in [0.15, 0.2) is 12.4 Å². The second-order valence-corrected chi connectivity index (χ2v) is 14.1. The second kappa shape index (κ2) is 28.2. The fourth-order valence-electron chi connectivity index (χ4n) is 5.09. The molecule has 1 aliphatic heterocycles. The van der Waals surface area contributed by atoms with Crippen LogP contribution in [0.5, 0.6) is 0 Å². The van der Waals surface area contributed by atoms with E-state index in [4.69, 9.17) is 18.9 Å². The third kappa shape index (κ3) is 23.2. The van der Waals surface area contributed by atoms with Crippen molar-refractivity contribution < 1.29 is 56.8 Å². The van der Waals surface area contributed by atoms with Gasteiger partial charge in [-0.05, 0) is 51.4 Å². The van der Waals surface area contributed by atoms with Gasteiger partial charge in [-0.3, -0.25) is 14.1 Å². The van der Waals surface area contributed by atoms with Crippen LogP contribution in [0, 0.1) is 0 Å². The topological polar surface area (TPSA) is 186 Å². The standard InChI is InChI=1S/C37H62O12S/c1-3-5-7-9-11-13-14-15-16-18-20-22-24-26-33(39)48-30(27-46-32(38)25-23-21-19-17-12-10-8-6-4-2)28-47-37-36(42)35(41)34(40)31(49-37)29-50(43,44)45/h5,7,9,11,13-14,17,19,30-31,34-37,40-42H,3-4,6,8,10,12,15-16,18,20-29H2,1-2H3,(H,43,44,45)/b7-5+,11-9+,14-13+,19-17+/t30?,31-,34-,35?,36?,37+/m1/s1. The Morgan fingerprint density at radius 3 is 1.98 bits per heavy atom. The summed E-state index contributed by atoms with van der Waals surface area (Å²) in [6.45, 7) is 3.49. The number of aliphatic hydroxyl groups is 3. The molecule has 1 aliphatic rings. The molecule has 1 saturated heterocycles. The van der Waals surface area contributed by atoms with Crippen LogP contribution >= 0.6 is 0 Å². The highest BCUT2D eigenvalue weighted by Gasteiger charge is 2.46. The van der Waals surface area contributed by atoms with Gasteiger partial charge in [-0.2, -0.15) is 8.42 Å². The van der Waals surface area contributed by atoms with Gasteiger partial charge in [0.1, 0.15) is 36.8 Å². The summed E-state index contributed by atoms with van der Waals surface area (Å²) < 4.78 is 53.6. The molecule has 1 fully saturated rings. The van der Waals surface area contributed by atoms with Crippen molar-refractivity contribution in [2.45, 2.75) is 153 Å². The fourth-order valence-corrected chi connectivity index (χ4v) is 5.78. The smallest absolute Gasteiger partial charge is 0.306 e. The predicted molar refractivity (Wildman–Crippen MR) is 192 cm³/mol. The van der Waals surface area contributed by atoms with Crippen LogP contribution < -0.4 is 0 Å². The lowest BCUT2D eigenvalue weighted by atomic mass is 10.00. The highest BCUT2D eigenvalue weighted by atomic mass is 32.2. The zero-order chi connectivity index (χ0) is 37.0. The average molecular weight is 731 g/mol. The molecule has 0 bridgehead atoms. The Balaban J connectivity index is 2.59. The van der Waals surface area contributed by atoms with E-state index in [1.807, 2.05) is 24.3 Å². The summed E-state index contributed by atoms with van der Waals surface area (Å²) in [5.74, 6) is -2.06. The lowest BCUT2D eigenvalue weighted by Gasteiger charge is -2.40. The van der Waals surface area contributed by atoms with E-state index < -0.39 is 71.2 Å². The first-order valence-electron chi connectivity index (χ1n) is 18.2. The zero-order valence-corrected chi connectivity index (χ0v) is 30.8. The van der Waals surface area contributed by atoms with Crippen LogP contribution in [0.15, 0.2) is 48.6 Å². The van der Waals surface area contributed by atoms with E-state index in [1.165, 1.54) is 19.3 Å². The molecule has 288 valence electrons. The van der Waals surface area contributed by atoms with Gasteiger partial charge < -0.3 is 34.3 Å². The number of carbonyl (C=O) groups excluding carboxylic acids is 2. The summed E-state index contributed by atoms with van der Waals surface area (Å²) in [4.78, 5) is 25.1. The fraction of sp³-hybridized carbons (Fsp3) is 0.730. The maximum absolute atomic E-state index is 12.7. The van der Waals surface area contributed by atoms with Crippen LogP contribution in [0.2, 0.25) is 0 Å². The molecule has 0 aliphatic carbocycles. The molecular weight excluding hydrogens is 668 g/mol. The molecular formula is C37H62O12S. The third-order valence-corrected chi connectivity index (χ3v) is 8.70. The lowest BCUT2D eigenvalue weighted by Crippen LogP contribution is -2.60. The van der Waals surface area contributed by atoms with Gasteiger partial charge in [0, 0.05) is 12.8 Å². The highest BCUT2D eigenvalue weighted by molar-refractivity contribution is 7.85. The third-order valence-electron chi connectivity index (χ3n) is 7.95. The van der Waals surface area contributed by atoms with Crippen molar-refractivity contribution in [2.75, 3.05) is 19.0 Å². The molecule has 12 nitrogen and oxygen atoms in total. The van der Waals surface area contributed by atoms with Gasteiger partial charge in [-0.15, -0.1) is 0 Å². The average Bonchev–Trinajstić information content (AvgIpc) is 3.07. The van der Waals surface area contributed by atoms with E-state index >= 15 is 0 Å². The Morgan fingerprint density at radius 1 is 0.700 bits per heavy atom. The number of unbranched alkanes of at least 4 members (excludes halogenated alkanes) is 10. The molecule has 3 unspecified atom stereocenters. The van der Waals surface area contributed by atoms with Crippen LogP contribution in [-0.4, -0.2) is 96.0 Å². The molecule has 4 N–H and O–H groups in total. The molecule has 6 atom stereocenters. The number of carbonyl (C=O) groups is 2. The van der Waals surface area contributed by atoms with Crippen molar-refractivity contribution in [3.05, 3.63) is 48.6 Å². The van der Waals surface area contributed by atoms with Crippen LogP contribution in [0.4, 0.5) is 0 Å². The van der Waals surface area contributed by atoms with Crippen molar-refractivity contribution in [1.82, 2.24) is 0 Å². The van der Waals surface area contributed by atoms with E-state index in [-0.39, 0.29) is 19.4 Å². The number of esters is 2. The van der Waals surface area contributed by atoms with Crippen LogP contribution in [0.3, 0.4) is 0 Å². The van der Waals surface area contributed by atoms with Crippen molar-refractivity contribution in [2.24, 2.45) is 0 Å². The molecule has 0 radical (unpaired) electrons. The maximum Gasteiger partial charge on any atom is 0.306 e. The Bertz CT molecular complexity index is 1130. The van der Waals surface area contributed by atoms with Crippen molar-refractivity contribution in [1.29, 1.82) is 0 Å². The second-order valence-electron chi connectivity index (χ2n) is 12.6. The normalized spacial score (nSPS) is 22.2. The molecule has 1 rings (SSSR count). The molecule has 0 saturated carbocycles. The zero-order valence-electron chi connectivity index (χ0n) is 30.0. The minimum Gasteiger partial charge on any atom is -0.462 e. The summed E-state index contributed by atoms with van der Waals surface area (Å²) >= 11 is 0. The molecule has 0 aromatic heterocycles. The number of rotatable bonds is 28. The molecule has 0 amide bonds. The van der Waals surface area contributed by atoms with Crippen molar-refractivity contribution in [3.63, 3.8) is 0 Å². The summed E-state index contributed by atoms with van der Waals surface area (Å²) in [5.41, 5.74) is 0. The first kappa shape index (κ1) is 45.6. The van der Waals surface area contributed by atoms with Gasteiger partial charge in [-0.1, -0.05) is 101 Å². The SMILES string of the molecule is CC/C=C/C=C/C=C/CCCCCCCC(=O)OC(COC(=O)CCC/C=C/CCCCCC)CO[C@H]1O[C@H](CS(=O)(=O)O)[C@@H](O)C(O)C1O. The van der Waals surface area contributed by atoms with Gasteiger partial charge in [0.05, 0.1) is 6.61 Å². The van der Waals surface area contributed by atoms with Gasteiger partial charge in [-0.25, -0.2) is 0 Å². The molecule has 0 spiro atoms. The van der Waals surface area contributed by atoms with Crippen LogP contribution in [-0.2, 0) is 38.7 Å². The van der Waals surface area contributed by atoms with E-state index in [1.54, 1.807) is 0 Å². The predicted octanol–water partition coefficient (Wildman–Crippen LogP) is 5.66. The van der Waals surface area contributed by atoms with Gasteiger partial charge in [0.2, 0.25) is 0 Å². The van der Waals surface area contributed by atoms with E-state index in [2.05, 4.69) is 38.2 Å². The van der Waals surface area contributed by atoms with E-state index in [0.717, 1.165) is 57.8 Å². The number of hydrogen-bond acceptors (Lipinski definition) is 11. The molecule has 0 aromatic carbocycles. The first-order valence-corrected chi connectivity index (χ1v) is 19.8. The summed E-state index contributed by atoms with van der Waals surface area (Å²) in [5, 5.41) is 30.7. The number of ether oxygens (including phenoxy) is 4. The van der Waals surface area contributed by atoms with E-state index in [0.29, 0.717) is 12.8 Å². The summed E-state index contributed by atoms with van der Waals surface area (Å²) in [6.07, 6.45) is 20.6. The maximum atomic E-state index is 12.7. The molecule has 1 heterocycles. The quantitative estimate of drug-likeness (QED) is 0.0255. The van der Waals surface area contributed by atoms with E-state index in [9.17, 15) is 37.9 Å². The Kier molecular flexibility index (Phi) is 25.8. The monoisotopic (exact) mass is 730 g/mol. The Morgan fingerprint density at radius 2 is 1.30 bits per heavy atom. The molecule has 50 heavy (non-hydrogen) atoms. The summed E-state index contributed by atoms with van der Waals surface area (Å²) in [6, 6.07) is 0. The minimum atomic E-state index is -4.60. The number of hydrogen-bond donors (Lipinski definition) is 4. The van der Waals surface area contributed by atoms with Crippen LogP contribution in [0.1, 0.15) is 117 Å². The van der Waals surface area contributed by atoms with Crippen molar-refractivity contribution in [3.8, 4) is 0 Å². The molecule has 13 heteroatoms. The Hall–Kier alpha value is -2.39. The highest BCUT2D eigenvalue weighted by Crippen LogP contribution is 2.23. The van der Waals surface area contributed by atoms with Gasteiger partial charge in [0.25, 0.3) is 10.1 Å². The van der Waals surface area contributed by atoms with Gasteiger partial charge >= 0.3 is 11.9 Å². The molecule has 0 aromatic rings. The van der Waals surface area contributed by atoms with Crippen molar-refractivity contribution >= 4 is 22.1 Å². The van der Waals surface area contributed by atoms with Crippen LogP contribution in [0.25, 0.3) is 0 Å². The Labute approximate surface area is 299 Å². The summed E-state index contributed by atoms with van der Waals surface area (Å²) in [7, 11) is -4.60.